The van der Waals surface area contributed by atoms with Crippen LogP contribution in [-0.4, -0.2) is 29.1 Å². The summed E-state index contributed by atoms with van der Waals surface area (Å²) in [4.78, 5) is 33.1. The van der Waals surface area contributed by atoms with Gasteiger partial charge in [0, 0.05) is 39.7 Å². The Morgan fingerprint density at radius 2 is 1.73 bits per heavy atom. The molecule has 0 aliphatic heterocycles. The van der Waals surface area contributed by atoms with Gasteiger partial charge in [0.05, 0.1) is 23.2 Å². The van der Waals surface area contributed by atoms with Gasteiger partial charge in [-0.3, -0.25) is 25.0 Å². The van der Waals surface area contributed by atoms with Gasteiger partial charge in [-0.2, -0.15) is 5.10 Å². The van der Waals surface area contributed by atoms with Gasteiger partial charge in [-0.15, -0.1) is 0 Å². The van der Waals surface area contributed by atoms with Crippen molar-refractivity contribution in [3.63, 3.8) is 0 Å². The summed E-state index contributed by atoms with van der Waals surface area (Å²) < 4.78 is 17.2. The highest BCUT2D eigenvalue weighted by Gasteiger charge is 2.15. The van der Waals surface area contributed by atoms with Crippen LogP contribution in [-0.2, 0) is 6.61 Å². The molecule has 3 aromatic carbocycles. The number of nitrogens with zero attached hydrogens (tertiary/aromatic N) is 3. The van der Waals surface area contributed by atoms with E-state index in [1.165, 1.54) is 49.7 Å². The molecule has 0 unspecified atom stereocenters. The number of nitro benzene ring substituents is 2. The molecule has 0 atom stereocenters. The van der Waals surface area contributed by atoms with Crippen molar-refractivity contribution in [3.8, 4) is 11.5 Å². The van der Waals surface area contributed by atoms with Crippen LogP contribution >= 0.6 is 15.9 Å². The molecule has 0 radical (unpaired) electrons. The number of hydrogen-bond donors (Lipinski definition) is 1. The molecule has 4 aromatic rings. The number of hydrogen-bond acceptors (Lipinski definition) is 9. The van der Waals surface area contributed by atoms with E-state index in [4.69, 9.17) is 13.9 Å². The third-order valence-electron chi connectivity index (χ3n) is 5.13. The number of nitro groups is 2. The van der Waals surface area contributed by atoms with Crippen molar-refractivity contribution in [2.45, 2.75) is 6.61 Å². The molecule has 1 amide bonds. The van der Waals surface area contributed by atoms with Gasteiger partial charge < -0.3 is 13.9 Å². The lowest BCUT2D eigenvalue weighted by Gasteiger charge is -2.12. The number of carbonyl (C=O) groups excluding carboxylic acids is 1. The molecule has 0 saturated carbocycles. The molecule has 1 heterocycles. The summed E-state index contributed by atoms with van der Waals surface area (Å²) in [6.45, 7) is 0.158. The number of hydrazone groups is 1. The Hall–Kier alpha value is -4.78. The van der Waals surface area contributed by atoms with Gasteiger partial charge in [0.1, 0.15) is 12.2 Å². The maximum absolute atomic E-state index is 12.4. The summed E-state index contributed by atoms with van der Waals surface area (Å²) in [5.74, 6) is 0.127. The normalized spacial score (nSPS) is 11.0. The Morgan fingerprint density at radius 1 is 1.03 bits per heavy atom. The first-order valence-electron chi connectivity index (χ1n) is 10.5. The Morgan fingerprint density at radius 3 is 2.41 bits per heavy atom. The predicted molar refractivity (Wildman–Crippen MR) is 136 cm³/mol. The van der Waals surface area contributed by atoms with Crippen molar-refractivity contribution in [3.05, 3.63) is 102 Å². The van der Waals surface area contributed by atoms with E-state index >= 15 is 0 Å². The number of amides is 1. The van der Waals surface area contributed by atoms with Crippen molar-refractivity contribution >= 4 is 50.4 Å². The first kappa shape index (κ1) is 25.3. The molecule has 1 aromatic heterocycles. The van der Waals surface area contributed by atoms with Gasteiger partial charge in [-0.05, 0) is 57.9 Å². The quantitative estimate of drug-likeness (QED) is 0.160. The number of fused-ring (bicyclic) bond motifs is 1. The molecule has 0 saturated heterocycles. The van der Waals surface area contributed by atoms with E-state index in [1.807, 2.05) is 0 Å². The van der Waals surface area contributed by atoms with Gasteiger partial charge >= 0.3 is 5.91 Å². The zero-order valence-corrected chi connectivity index (χ0v) is 20.6. The highest BCUT2D eigenvalue weighted by atomic mass is 79.9. The number of nitrogens with one attached hydrogen (secondary N) is 1. The Kier molecular flexibility index (Phi) is 7.44. The van der Waals surface area contributed by atoms with E-state index in [0.717, 1.165) is 5.56 Å². The van der Waals surface area contributed by atoms with Crippen LogP contribution in [0.2, 0.25) is 0 Å². The minimum atomic E-state index is -0.638. The maximum Gasteiger partial charge on any atom is 0.307 e. The van der Waals surface area contributed by atoms with Crippen molar-refractivity contribution in [2.24, 2.45) is 5.10 Å². The van der Waals surface area contributed by atoms with Crippen LogP contribution in [0.5, 0.6) is 11.5 Å². The maximum atomic E-state index is 12.4. The molecule has 13 heteroatoms. The third kappa shape index (κ3) is 5.90. The van der Waals surface area contributed by atoms with Crippen LogP contribution in [0.15, 0.2) is 74.7 Å². The molecule has 0 aliphatic carbocycles. The summed E-state index contributed by atoms with van der Waals surface area (Å²) in [5, 5.41) is 26.1. The van der Waals surface area contributed by atoms with Gasteiger partial charge in [-0.1, -0.05) is 0 Å². The van der Waals surface area contributed by atoms with E-state index in [-0.39, 0.29) is 23.7 Å². The summed E-state index contributed by atoms with van der Waals surface area (Å²) >= 11 is 3.43. The van der Waals surface area contributed by atoms with E-state index < -0.39 is 15.8 Å². The smallest absolute Gasteiger partial charge is 0.307 e. The predicted octanol–water partition coefficient (Wildman–Crippen LogP) is 5.36. The van der Waals surface area contributed by atoms with Gasteiger partial charge in [0.25, 0.3) is 11.4 Å². The lowest BCUT2D eigenvalue weighted by molar-refractivity contribution is -0.385. The second kappa shape index (κ2) is 10.9. The fourth-order valence-corrected chi connectivity index (χ4v) is 3.69. The molecule has 0 bridgehead atoms. The fourth-order valence-electron chi connectivity index (χ4n) is 3.27. The lowest BCUT2D eigenvalue weighted by Crippen LogP contribution is -2.16. The summed E-state index contributed by atoms with van der Waals surface area (Å²) in [6, 6.07) is 14.7. The largest absolute Gasteiger partial charge is 0.493 e. The molecule has 4 rings (SSSR count). The van der Waals surface area contributed by atoms with Crippen molar-refractivity contribution < 1.29 is 28.5 Å². The SMILES string of the molecule is COc1cc(/C=N\NC(=O)c2cc3cc([N+](=O)[O-])ccc3o2)c(Br)cc1OCc1ccc([N+](=O)[O-])cc1. The number of rotatable bonds is 9. The molecular weight excluding hydrogens is 552 g/mol. The van der Waals surface area contributed by atoms with Crippen molar-refractivity contribution in [1.29, 1.82) is 0 Å². The average Bonchev–Trinajstić information content (AvgIpc) is 3.32. The number of ether oxygens (including phenoxy) is 2. The standard InChI is InChI=1S/C24H17BrN4O8/c1-35-21-10-16(19(25)11-22(21)36-13-14-2-4-17(5-3-14)28(31)32)12-26-27-24(30)23-9-15-8-18(29(33)34)6-7-20(15)37-23/h2-12H,13H2,1H3,(H,27,30)/b26-12-. The summed E-state index contributed by atoms with van der Waals surface area (Å²) in [7, 11) is 1.47. The summed E-state index contributed by atoms with van der Waals surface area (Å²) in [6.07, 6.45) is 1.39. The minimum Gasteiger partial charge on any atom is -0.493 e. The van der Waals surface area contributed by atoms with E-state index in [2.05, 4.69) is 26.5 Å². The molecule has 0 spiro atoms. The van der Waals surface area contributed by atoms with Crippen LogP contribution < -0.4 is 14.9 Å². The third-order valence-corrected chi connectivity index (χ3v) is 5.82. The van der Waals surface area contributed by atoms with E-state index in [1.54, 1.807) is 24.3 Å². The van der Waals surface area contributed by atoms with Gasteiger partial charge in [0.15, 0.2) is 17.3 Å². The molecule has 12 nitrogen and oxygen atoms in total. The number of benzene rings is 3. The zero-order chi connectivity index (χ0) is 26.5. The van der Waals surface area contributed by atoms with Crippen LogP contribution in [0.1, 0.15) is 21.7 Å². The van der Waals surface area contributed by atoms with Crippen LogP contribution in [0, 0.1) is 20.2 Å². The fraction of sp³-hybridized carbons (Fsp3) is 0.0833. The van der Waals surface area contributed by atoms with Gasteiger partial charge in [0.2, 0.25) is 0 Å². The summed E-state index contributed by atoms with van der Waals surface area (Å²) in [5.41, 5.74) is 3.86. The topological polar surface area (TPSA) is 159 Å². The number of halogens is 1. The van der Waals surface area contributed by atoms with Gasteiger partial charge in [-0.25, -0.2) is 5.43 Å². The number of methoxy groups -OCH3 is 1. The molecule has 188 valence electrons. The first-order chi connectivity index (χ1) is 17.7. The minimum absolute atomic E-state index is 0.0101. The molecule has 0 fully saturated rings. The number of furan rings is 1. The number of non-ortho nitro benzene ring substituents is 2. The number of carbonyl (C=O) groups is 1. The lowest BCUT2D eigenvalue weighted by atomic mass is 10.2. The Bertz CT molecular complexity index is 1530. The second-order valence-corrected chi connectivity index (χ2v) is 8.38. The Labute approximate surface area is 216 Å². The molecule has 1 N–H and O–H groups in total. The Balaban J connectivity index is 1.43. The highest BCUT2D eigenvalue weighted by molar-refractivity contribution is 9.10. The van der Waals surface area contributed by atoms with Crippen molar-refractivity contribution in [1.82, 2.24) is 5.43 Å². The van der Waals surface area contributed by atoms with Crippen LogP contribution in [0.3, 0.4) is 0 Å². The van der Waals surface area contributed by atoms with Crippen LogP contribution in [0.25, 0.3) is 11.0 Å². The van der Waals surface area contributed by atoms with Crippen LogP contribution in [0.4, 0.5) is 11.4 Å². The van der Waals surface area contributed by atoms with Crippen molar-refractivity contribution in [2.75, 3.05) is 7.11 Å². The first-order valence-corrected chi connectivity index (χ1v) is 11.3. The van der Waals surface area contributed by atoms with E-state index in [9.17, 15) is 25.0 Å². The second-order valence-electron chi connectivity index (χ2n) is 7.53. The molecular formula is C24H17BrN4O8. The molecule has 37 heavy (non-hydrogen) atoms. The average molecular weight is 569 g/mol. The molecule has 0 aliphatic rings. The highest BCUT2D eigenvalue weighted by Crippen LogP contribution is 2.33. The zero-order valence-electron chi connectivity index (χ0n) is 19.0. The van der Waals surface area contributed by atoms with E-state index in [0.29, 0.717) is 32.5 Å². The monoisotopic (exact) mass is 568 g/mol.